The number of aromatic nitrogens is 1. The minimum Gasteiger partial charge on any atom is -0.497 e. The summed E-state index contributed by atoms with van der Waals surface area (Å²) < 4.78 is 5.28. The topological polar surface area (TPSA) is 39.2 Å². The standard InChI is InChI=1S/C17H13NO2/c1-20-13-10-12-6-2-3-7-14(12)15(11-13)17(19)16-8-4-5-9-18-16/h2-11H,1H3. The van der Waals surface area contributed by atoms with Crippen LogP contribution in [0.1, 0.15) is 16.1 Å². The van der Waals surface area contributed by atoms with E-state index in [9.17, 15) is 4.79 Å². The number of benzene rings is 2. The van der Waals surface area contributed by atoms with E-state index in [1.165, 1.54) is 0 Å². The number of carbonyl (C=O) groups excluding carboxylic acids is 1. The Kier molecular flexibility index (Phi) is 3.17. The minimum absolute atomic E-state index is 0.0966. The third-order valence-corrected chi connectivity index (χ3v) is 3.21. The molecule has 0 saturated heterocycles. The van der Waals surface area contributed by atoms with Crippen LogP contribution >= 0.6 is 0 Å². The molecule has 98 valence electrons. The third kappa shape index (κ3) is 2.14. The molecule has 1 aromatic heterocycles. The van der Waals surface area contributed by atoms with Gasteiger partial charge >= 0.3 is 0 Å². The van der Waals surface area contributed by atoms with Crippen molar-refractivity contribution in [1.82, 2.24) is 4.98 Å². The SMILES string of the molecule is COc1cc(C(=O)c2ccccn2)c2ccccc2c1. The van der Waals surface area contributed by atoms with Crippen LogP contribution in [-0.2, 0) is 0 Å². The summed E-state index contributed by atoms with van der Waals surface area (Å²) in [6.45, 7) is 0. The van der Waals surface area contributed by atoms with E-state index < -0.39 is 0 Å². The number of fused-ring (bicyclic) bond motifs is 1. The van der Waals surface area contributed by atoms with Crippen LogP contribution in [0.3, 0.4) is 0 Å². The van der Waals surface area contributed by atoms with E-state index in [0.717, 1.165) is 10.8 Å². The quantitative estimate of drug-likeness (QED) is 0.679. The Morgan fingerprint density at radius 1 is 1.05 bits per heavy atom. The van der Waals surface area contributed by atoms with Gasteiger partial charge in [-0.3, -0.25) is 9.78 Å². The summed E-state index contributed by atoms with van der Waals surface area (Å²) in [5, 5.41) is 1.88. The molecule has 20 heavy (non-hydrogen) atoms. The van der Waals surface area contributed by atoms with Gasteiger partial charge in [-0.1, -0.05) is 30.3 Å². The average molecular weight is 263 g/mol. The van der Waals surface area contributed by atoms with Crippen molar-refractivity contribution < 1.29 is 9.53 Å². The minimum atomic E-state index is -0.0966. The van der Waals surface area contributed by atoms with Crippen LogP contribution in [0.2, 0.25) is 0 Å². The number of ketones is 1. The van der Waals surface area contributed by atoms with E-state index in [-0.39, 0.29) is 5.78 Å². The van der Waals surface area contributed by atoms with Crippen molar-refractivity contribution in [3.8, 4) is 5.75 Å². The van der Waals surface area contributed by atoms with Crippen molar-refractivity contribution >= 4 is 16.6 Å². The third-order valence-electron chi connectivity index (χ3n) is 3.21. The fraction of sp³-hybridized carbons (Fsp3) is 0.0588. The first-order chi connectivity index (χ1) is 9.79. The lowest BCUT2D eigenvalue weighted by Gasteiger charge is -2.08. The molecule has 0 aliphatic heterocycles. The molecule has 0 aliphatic carbocycles. The van der Waals surface area contributed by atoms with Gasteiger partial charge in [-0.05, 0) is 35.0 Å². The van der Waals surface area contributed by atoms with E-state index >= 15 is 0 Å². The second kappa shape index (κ2) is 5.13. The molecule has 0 saturated carbocycles. The molecule has 0 amide bonds. The maximum atomic E-state index is 12.6. The van der Waals surface area contributed by atoms with Crippen LogP contribution in [0.25, 0.3) is 10.8 Å². The number of nitrogens with zero attached hydrogens (tertiary/aromatic N) is 1. The molecule has 0 spiro atoms. The molecule has 2 aromatic carbocycles. The van der Waals surface area contributed by atoms with Gasteiger partial charge in [0, 0.05) is 11.8 Å². The van der Waals surface area contributed by atoms with Gasteiger partial charge in [-0.15, -0.1) is 0 Å². The second-order valence-electron chi connectivity index (χ2n) is 4.44. The van der Waals surface area contributed by atoms with Gasteiger partial charge in [0.25, 0.3) is 0 Å². The molecule has 3 aromatic rings. The van der Waals surface area contributed by atoms with E-state index in [1.54, 1.807) is 31.5 Å². The fourth-order valence-corrected chi connectivity index (χ4v) is 2.22. The molecule has 0 radical (unpaired) electrons. The Morgan fingerprint density at radius 3 is 2.60 bits per heavy atom. The highest BCUT2D eigenvalue weighted by molar-refractivity contribution is 6.15. The summed E-state index contributed by atoms with van der Waals surface area (Å²) in [5.41, 5.74) is 1.05. The lowest BCUT2D eigenvalue weighted by molar-refractivity contribution is 0.103. The van der Waals surface area contributed by atoms with Crippen molar-refractivity contribution in [3.63, 3.8) is 0 Å². The number of ether oxygens (including phenoxy) is 1. The normalized spacial score (nSPS) is 10.4. The van der Waals surface area contributed by atoms with Gasteiger partial charge in [0.15, 0.2) is 0 Å². The lowest BCUT2D eigenvalue weighted by Crippen LogP contribution is -2.04. The van der Waals surface area contributed by atoms with Crippen molar-refractivity contribution in [1.29, 1.82) is 0 Å². The number of hydrogen-bond donors (Lipinski definition) is 0. The molecule has 3 heteroatoms. The van der Waals surface area contributed by atoms with Gasteiger partial charge in [-0.25, -0.2) is 0 Å². The summed E-state index contributed by atoms with van der Waals surface area (Å²) >= 11 is 0. The number of hydrogen-bond acceptors (Lipinski definition) is 3. The van der Waals surface area contributed by atoms with Crippen LogP contribution in [-0.4, -0.2) is 17.9 Å². The molecular weight excluding hydrogens is 250 g/mol. The molecule has 0 aliphatic rings. The first-order valence-electron chi connectivity index (χ1n) is 6.32. The smallest absolute Gasteiger partial charge is 0.212 e. The Bertz CT molecular complexity index is 766. The fourth-order valence-electron chi connectivity index (χ4n) is 2.22. The molecule has 3 nitrogen and oxygen atoms in total. The van der Waals surface area contributed by atoms with E-state index in [2.05, 4.69) is 4.98 Å². The highest BCUT2D eigenvalue weighted by Gasteiger charge is 2.14. The molecule has 0 unspecified atom stereocenters. The van der Waals surface area contributed by atoms with Crippen molar-refractivity contribution in [2.45, 2.75) is 0 Å². The van der Waals surface area contributed by atoms with Crippen molar-refractivity contribution in [2.75, 3.05) is 7.11 Å². The van der Waals surface area contributed by atoms with Crippen LogP contribution < -0.4 is 4.74 Å². The highest BCUT2D eigenvalue weighted by Crippen LogP contribution is 2.26. The Labute approximate surface area is 116 Å². The van der Waals surface area contributed by atoms with E-state index in [0.29, 0.717) is 17.0 Å². The molecule has 0 N–H and O–H groups in total. The van der Waals surface area contributed by atoms with Gasteiger partial charge in [0.05, 0.1) is 7.11 Å². The summed E-state index contributed by atoms with van der Waals surface area (Å²) in [6, 6.07) is 16.8. The van der Waals surface area contributed by atoms with Gasteiger partial charge in [0.1, 0.15) is 11.4 Å². The number of pyridine rings is 1. The van der Waals surface area contributed by atoms with Gasteiger partial charge in [-0.2, -0.15) is 0 Å². The molecule has 0 atom stereocenters. The van der Waals surface area contributed by atoms with Gasteiger partial charge < -0.3 is 4.74 Å². The zero-order chi connectivity index (χ0) is 13.9. The molecular formula is C17H13NO2. The average Bonchev–Trinajstić information content (AvgIpc) is 2.54. The van der Waals surface area contributed by atoms with E-state index in [4.69, 9.17) is 4.74 Å². The summed E-state index contributed by atoms with van der Waals surface area (Å²) in [7, 11) is 1.60. The lowest BCUT2D eigenvalue weighted by atomic mass is 9.99. The highest BCUT2D eigenvalue weighted by atomic mass is 16.5. The Balaban J connectivity index is 2.22. The van der Waals surface area contributed by atoms with Crippen LogP contribution in [0.4, 0.5) is 0 Å². The second-order valence-corrected chi connectivity index (χ2v) is 4.44. The number of methoxy groups -OCH3 is 1. The van der Waals surface area contributed by atoms with Crippen molar-refractivity contribution in [3.05, 3.63) is 72.1 Å². The van der Waals surface area contributed by atoms with Gasteiger partial charge in [0.2, 0.25) is 5.78 Å². The van der Waals surface area contributed by atoms with Crippen LogP contribution in [0.15, 0.2) is 60.8 Å². The van der Waals surface area contributed by atoms with E-state index in [1.807, 2.05) is 36.4 Å². The van der Waals surface area contributed by atoms with Crippen LogP contribution in [0, 0.1) is 0 Å². The zero-order valence-electron chi connectivity index (χ0n) is 11.0. The first kappa shape index (κ1) is 12.4. The van der Waals surface area contributed by atoms with Crippen molar-refractivity contribution in [2.24, 2.45) is 0 Å². The zero-order valence-corrected chi connectivity index (χ0v) is 11.0. The Morgan fingerprint density at radius 2 is 1.85 bits per heavy atom. The number of rotatable bonds is 3. The Hall–Kier alpha value is -2.68. The van der Waals surface area contributed by atoms with Crippen LogP contribution in [0.5, 0.6) is 5.75 Å². The predicted molar refractivity (Wildman–Crippen MR) is 78.2 cm³/mol. The largest absolute Gasteiger partial charge is 0.497 e. The summed E-state index contributed by atoms with van der Waals surface area (Å²) in [4.78, 5) is 16.7. The predicted octanol–water partition coefficient (Wildman–Crippen LogP) is 3.47. The molecule has 0 bridgehead atoms. The monoisotopic (exact) mass is 263 g/mol. The summed E-state index contributed by atoms with van der Waals surface area (Å²) in [6.07, 6.45) is 1.62. The molecule has 3 rings (SSSR count). The molecule has 0 fully saturated rings. The summed E-state index contributed by atoms with van der Waals surface area (Å²) in [5.74, 6) is 0.573. The first-order valence-corrected chi connectivity index (χ1v) is 6.32. The number of carbonyl (C=O) groups is 1. The molecule has 1 heterocycles. The maximum Gasteiger partial charge on any atom is 0.212 e. The maximum absolute atomic E-state index is 12.6.